The van der Waals surface area contributed by atoms with E-state index in [2.05, 4.69) is 24.5 Å². The summed E-state index contributed by atoms with van der Waals surface area (Å²) in [6.07, 6.45) is -11.4. The van der Waals surface area contributed by atoms with Crippen molar-refractivity contribution in [2.24, 2.45) is 5.92 Å². The molecule has 5 fully saturated rings. The molecule has 5 rings (SSSR count). The second kappa shape index (κ2) is 54.3. The van der Waals surface area contributed by atoms with Crippen LogP contribution in [0.15, 0.2) is 0 Å². The van der Waals surface area contributed by atoms with Crippen LogP contribution in [-0.4, -0.2) is 315 Å². The molecule has 5 heterocycles. The van der Waals surface area contributed by atoms with E-state index >= 15 is 0 Å². The minimum atomic E-state index is -3.36. The zero-order valence-corrected chi connectivity index (χ0v) is 66.8. The molecule has 0 radical (unpaired) electrons. The molecule has 19 N–H and O–H groups in total. The van der Waals surface area contributed by atoms with Gasteiger partial charge in [0.2, 0.25) is 11.8 Å². The van der Waals surface area contributed by atoms with Gasteiger partial charge in [-0.15, -0.1) is 0 Å². The standard InChI is InChI=1S/C79H144N2O31/c1-5-7-9-11-13-15-17-19-20-21-22-23-24-25-27-29-31-33-35-37-39-59(92)81-51(52(89)38-36-34-32-30-28-26-18-16-14-12-10-8-6-2)47-103-75-67(99)65(97)70(57(45-85)106-75)109-77-68(100)73(112-79(78(101)102)41-53(90)60(80-49(4)88)72(111-79)61(93)54(91)42-82)71(58(46-86)107-77)110-74-50(40-48(3)87)69(63(95)56(44-84)104-74)108-76-66(98)64(96)62(94)55(43-83)105-76/h50-58,60-77,82-86,89-91,93-100H,5-47H2,1-4H3,(H,80,88)(H,81,92)(H,101,102). The molecule has 33 heteroatoms. The average Bonchev–Trinajstić information content (AvgIpc) is 0.769. The van der Waals surface area contributed by atoms with Gasteiger partial charge in [-0.05, 0) is 19.8 Å². The van der Waals surface area contributed by atoms with Crippen LogP contribution in [0.25, 0.3) is 0 Å². The molecular weight excluding hydrogens is 1470 g/mol. The summed E-state index contributed by atoms with van der Waals surface area (Å²) >= 11 is 0. The lowest BCUT2D eigenvalue weighted by Crippen LogP contribution is -2.71. The van der Waals surface area contributed by atoms with Gasteiger partial charge in [0.15, 0.2) is 25.2 Å². The Kier molecular flexibility index (Phi) is 48.3. The number of carbonyl (C=O) groups excluding carboxylic acids is 3. The SMILES string of the molecule is CCCCCCCCCCCCCCCCCCCCCCC(=O)NC(COC1OC(CO)C(OC2OC(CO)C(OC3OC(CO)C(O)C(OC4OC(CO)C(O)C(O)C4O)C3CC(C)=O)C(OC3(C(=O)O)CC(O)C(NC(C)=O)C(C(O)C(O)CO)O3)C2O)C(O)C1O)C(O)CCCCCCCCCCCCCCC. The van der Waals surface area contributed by atoms with Gasteiger partial charge in [0.1, 0.15) is 110 Å². The highest BCUT2D eigenvalue weighted by Gasteiger charge is 2.62. The van der Waals surface area contributed by atoms with E-state index < -0.39 is 241 Å². The number of Topliss-reactive ketones (excluding diaryl/α,β-unsaturated/α-hetero) is 1. The van der Waals surface area contributed by atoms with Gasteiger partial charge in [-0.25, -0.2) is 4.79 Å². The molecule has 112 heavy (non-hydrogen) atoms. The van der Waals surface area contributed by atoms with Crippen molar-refractivity contribution < 1.29 is 153 Å². The third kappa shape index (κ3) is 32.0. The topological polar surface area (TPSA) is 529 Å². The van der Waals surface area contributed by atoms with Crippen LogP contribution in [-0.2, 0) is 66.5 Å². The van der Waals surface area contributed by atoms with E-state index in [0.717, 1.165) is 71.6 Å². The first-order valence-electron chi connectivity index (χ1n) is 42.1. The van der Waals surface area contributed by atoms with Crippen LogP contribution >= 0.6 is 0 Å². The van der Waals surface area contributed by atoms with Crippen LogP contribution in [0.4, 0.5) is 0 Å². The minimum absolute atomic E-state index is 0.162. The summed E-state index contributed by atoms with van der Waals surface area (Å²) in [4.78, 5) is 53.3. The van der Waals surface area contributed by atoms with Crippen LogP contribution in [0.5, 0.6) is 0 Å². The van der Waals surface area contributed by atoms with E-state index in [-0.39, 0.29) is 18.7 Å². The number of carbonyl (C=O) groups is 4. The molecule has 0 spiro atoms. The van der Waals surface area contributed by atoms with Gasteiger partial charge in [-0.3, -0.25) is 9.59 Å². The van der Waals surface area contributed by atoms with Gasteiger partial charge >= 0.3 is 5.97 Å². The molecular formula is C79H144N2O31. The largest absolute Gasteiger partial charge is 0.477 e. The Bertz CT molecular complexity index is 2540. The van der Waals surface area contributed by atoms with Gasteiger partial charge in [0.25, 0.3) is 5.79 Å². The van der Waals surface area contributed by atoms with Gasteiger partial charge in [-0.1, -0.05) is 219 Å². The van der Waals surface area contributed by atoms with Crippen molar-refractivity contribution in [3.8, 4) is 0 Å². The number of hydrogen-bond donors (Lipinski definition) is 19. The van der Waals surface area contributed by atoms with Gasteiger partial charge in [0.05, 0.1) is 70.0 Å². The van der Waals surface area contributed by atoms with Crippen LogP contribution in [0.2, 0.25) is 0 Å². The first-order chi connectivity index (χ1) is 53.8. The minimum Gasteiger partial charge on any atom is -0.477 e. The second-order valence-corrected chi connectivity index (χ2v) is 31.7. The maximum Gasteiger partial charge on any atom is 0.364 e. The first kappa shape index (κ1) is 99.6. The predicted molar refractivity (Wildman–Crippen MR) is 403 cm³/mol. The number of aliphatic carboxylic acids is 1. The smallest absolute Gasteiger partial charge is 0.364 e. The van der Waals surface area contributed by atoms with E-state index in [0.29, 0.717) is 12.8 Å². The number of nitrogens with one attached hydrogen (secondary N) is 2. The van der Waals surface area contributed by atoms with Crippen LogP contribution in [0.3, 0.4) is 0 Å². The molecule has 5 saturated heterocycles. The Labute approximate surface area is 661 Å². The van der Waals surface area contributed by atoms with Crippen LogP contribution < -0.4 is 10.6 Å². The second-order valence-electron chi connectivity index (χ2n) is 31.7. The Morgan fingerprint density at radius 2 is 0.875 bits per heavy atom. The third-order valence-corrected chi connectivity index (χ3v) is 22.5. The summed E-state index contributed by atoms with van der Waals surface area (Å²) in [5.41, 5.74) is 0. The third-order valence-electron chi connectivity index (χ3n) is 22.5. The van der Waals surface area contributed by atoms with Gasteiger partial charge in [-0.2, -0.15) is 0 Å². The number of carboxylic acid groups (broad SMARTS) is 1. The average molecular weight is 1620 g/mol. The molecule has 2 amide bonds. The molecule has 0 bridgehead atoms. The summed E-state index contributed by atoms with van der Waals surface area (Å²) in [6.45, 7) is 0.634. The number of ether oxygens (including phenoxy) is 10. The zero-order valence-electron chi connectivity index (χ0n) is 66.8. The molecule has 5 aliphatic heterocycles. The van der Waals surface area contributed by atoms with Gasteiger partial charge < -0.3 is 150 Å². The molecule has 0 saturated carbocycles. The monoisotopic (exact) mass is 1620 g/mol. The Hall–Kier alpha value is -2.96. The number of aliphatic hydroxyl groups excluding tert-OH is 16. The van der Waals surface area contributed by atoms with Gasteiger partial charge in [0, 0.05) is 32.1 Å². The van der Waals surface area contributed by atoms with E-state index in [1.165, 1.54) is 141 Å². The van der Waals surface area contributed by atoms with Crippen LogP contribution in [0, 0.1) is 5.92 Å². The quantitative estimate of drug-likeness (QED) is 0.0388. The summed E-state index contributed by atoms with van der Waals surface area (Å²) in [7, 11) is 0. The predicted octanol–water partition coefficient (Wildman–Crippen LogP) is 2.22. The van der Waals surface area contributed by atoms with Crippen molar-refractivity contribution in [1.82, 2.24) is 10.6 Å². The van der Waals surface area contributed by atoms with E-state index in [4.69, 9.17) is 47.4 Å². The zero-order chi connectivity index (χ0) is 82.3. The lowest BCUT2D eigenvalue weighted by atomic mass is 9.86. The van der Waals surface area contributed by atoms with Crippen molar-refractivity contribution in [1.29, 1.82) is 0 Å². The van der Waals surface area contributed by atoms with Crippen molar-refractivity contribution in [3.05, 3.63) is 0 Å². The summed E-state index contributed by atoms with van der Waals surface area (Å²) in [6, 6.07) is -2.80. The fourth-order valence-electron chi connectivity index (χ4n) is 15.7. The summed E-state index contributed by atoms with van der Waals surface area (Å²) < 4.78 is 60.6. The van der Waals surface area contributed by atoms with Crippen molar-refractivity contribution >= 4 is 23.6 Å². The highest BCUT2D eigenvalue weighted by atomic mass is 16.8. The summed E-state index contributed by atoms with van der Waals surface area (Å²) in [5.74, 6) is -9.02. The number of aliphatic hydroxyl groups is 16. The molecule has 5 aliphatic rings. The molecule has 33 nitrogen and oxygen atoms in total. The lowest BCUT2D eigenvalue weighted by Gasteiger charge is -2.52. The molecule has 656 valence electrons. The first-order valence-corrected chi connectivity index (χ1v) is 42.1. The van der Waals surface area contributed by atoms with E-state index in [9.17, 15) is 106 Å². The van der Waals surface area contributed by atoms with Crippen LogP contribution in [0.1, 0.15) is 265 Å². The lowest BCUT2D eigenvalue weighted by molar-refractivity contribution is -0.406. The maximum absolute atomic E-state index is 13.9. The molecule has 28 unspecified atom stereocenters. The highest BCUT2D eigenvalue weighted by Crippen LogP contribution is 2.43. The number of ketones is 1. The molecule has 0 aromatic carbocycles. The summed E-state index contributed by atoms with van der Waals surface area (Å²) in [5, 5.41) is 195. The number of rotatable bonds is 59. The van der Waals surface area contributed by atoms with Crippen molar-refractivity contribution in [2.75, 3.05) is 39.6 Å². The number of hydrogen-bond acceptors (Lipinski definition) is 30. The fourth-order valence-corrected chi connectivity index (χ4v) is 15.7. The highest BCUT2D eigenvalue weighted by molar-refractivity contribution is 5.77. The molecule has 0 aromatic rings. The molecule has 28 atom stereocenters. The number of unbranched alkanes of at least 4 members (excludes halogenated alkanes) is 31. The fraction of sp³-hybridized carbons (Fsp3) is 0.949. The van der Waals surface area contributed by atoms with Crippen molar-refractivity contribution in [3.63, 3.8) is 0 Å². The Balaban J connectivity index is 1.34. The number of carboxylic acids is 1. The van der Waals surface area contributed by atoms with E-state index in [1.54, 1.807) is 0 Å². The van der Waals surface area contributed by atoms with Crippen molar-refractivity contribution in [2.45, 2.75) is 430 Å². The maximum atomic E-state index is 13.9. The van der Waals surface area contributed by atoms with E-state index in [1.807, 2.05) is 0 Å². The Morgan fingerprint density at radius 3 is 1.35 bits per heavy atom. The molecule has 0 aliphatic carbocycles. The normalized spacial score (nSPS) is 33.6. The molecule has 0 aromatic heterocycles. The number of amides is 2. The Morgan fingerprint density at radius 1 is 0.455 bits per heavy atom.